The predicted molar refractivity (Wildman–Crippen MR) is 79.2 cm³/mol. The van der Waals surface area contributed by atoms with E-state index in [1.807, 2.05) is 29.2 Å². The molecular weight excluding hydrogens is 304 g/mol. The Labute approximate surface area is 122 Å². The molecule has 1 amide bonds. The molecule has 0 radical (unpaired) electrons. The molecule has 0 N–H and O–H groups in total. The molecule has 2 atom stereocenters. The molecule has 2 heterocycles. The maximum absolute atomic E-state index is 12.5. The number of fused-ring (bicyclic) bond motifs is 1. The Hall–Kier alpha value is -0.870. The average molecular weight is 323 g/mol. The highest BCUT2D eigenvalue weighted by molar-refractivity contribution is 9.10. The van der Waals surface area contributed by atoms with E-state index in [-0.39, 0.29) is 5.91 Å². The van der Waals surface area contributed by atoms with E-state index >= 15 is 0 Å². The zero-order chi connectivity index (χ0) is 13.4. The van der Waals surface area contributed by atoms with Gasteiger partial charge >= 0.3 is 0 Å². The van der Waals surface area contributed by atoms with Gasteiger partial charge in [0.05, 0.1) is 0 Å². The van der Waals surface area contributed by atoms with Crippen molar-refractivity contribution in [3.8, 4) is 0 Å². The SMILES string of the molecule is CN1CCC[C@@H]2CN(C(=O)c3cccc(Br)c3)C[C@@H]21. The maximum Gasteiger partial charge on any atom is 0.253 e. The van der Waals surface area contributed by atoms with E-state index in [0.717, 1.165) is 23.1 Å². The minimum Gasteiger partial charge on any atom is -0.337 e. The van der Waals surface area contributed by atoms with Crippen LogP contribution in [-0.4, -0.2) is 48.4 Å². The van der Waals surface area contributed by atoms with Crippen LogP contribution in [0.5, 0.6) is 0 Å². The van der Waals surface area contributed by atoms with Gasteiger partial charge in [0.2, 0.25) is 0 Å². The summed E-state index contributed by atoms with van der Waals surface area (Å²) in [7, 11) is 2.18. The van der Waals surface area contributed by atoms with Crippen molar-refractivity contribution in [2.45, 2.75) is 18.9 Å². The van der Waals surface area contributed by atoms with Gasteiger partial charge in [0.15, 0.2) is 0 Å². The summed E-state index contributed by atoms with van der Waals surface area (Å²) in [6.45, 7) is 2.97. The zero-order valence-electron chi connectivity index (χ0n) is 11.2. The molecule has 1 aromatic rings. The minimum absolute atomic E-state index is 0.170. The fraction of sp³-hybridized carbons (Fsp3) is 0.533. The lowest BCUT2D eigenvalue weighted by Crippen LogP contribution is -2.42. The van der Waals surface area contributed by atoms with Crippen molar-refractivity contribution in [3.63, 3.8) is 0 Å². The van der Waals surface area contributed by atoms with E-state index in [9.17, 15) is 4.79 Å². The van der Waals surface area contributed by atoms with Crippen molar-refractivity contribution in [2.24, 2.45) is 5.92 Å². The fourth-order valence-corrected chi connectivity index (χ4v) is 3.77. The quantitative estimate of drug-likeness (QED) is 0.793. The Balaban J connectivity index is 1.75. The van der Waals surface area contributed by atoms with Crippen LogP contribution in [0.3, 0.4) is 0 Å². The first-order valence-electron chi connectivity index (χ1n) is 6.90. The molecule has 0 unspecified atom stereocenters. The number of piperidine rings is 1. The summed E-state index contributed by atoms with van der Waals surface area (Å²) in [6.07, 6.45) is 2.52. The Kier molecular flexibility index (Phi) is 3.63. The van der Waals surface area contributed by atoms with Gasteiger partial charge in [-0.25, -0.2) is 0 Å². The molecule has 102 valence electrons. The van der Waals surface area contributed by atoms with Crippen LogP contribution in [0.15, 0.2) is 28.7 Å². The Bertz CT molecular complexity index is 491. The average Bonchev–Trinajstić information content (AvgIpc) is 2.83. The van der Waals surface area contributed by atoms with Crippen LogP contribution in [0.4, 0.5) is 0 Å². The molecule has 2 aliphatic heterocycles. The molecule has 19 heavy (non-hydrogen) atoms. The summed E-state index contributed by atoms with van der Waals surface area (Å²) >= 11 is 3.43. The van der Waals surface area contributed by atoms with Crippen LogP contribution < -0.4 is 0 Å². The number of benzene rings is 1. The second-order valence-corrected chi connectivity index (χ2v) is 6.59. The van der Waals surface area contributed by atoms with Gasteiger partial charge in [-0.15, -0.1) is 0 Å². The summed E-state index contributed by atoms with van der Waals surface area (Å²) in [5.41, 5.74) is 0.788. The molecular formula is C15H19BrN2O. The third kappa shape index (κ3) is 2.56. The summed E-state index contributed by atoms with van der Waals surface area (Å²) in [5, 5.41) is 0. The van der Waals surface area contributed by atoms with Gasteiger partial charge in [0.1, 0.15) is 0 Å². The van der Waals surface area contributed by atoms with Gasteiger partial charge < -0.3 is 9.80 Å². The molecule has 0 bridgehead atoms. The molecule has 0 aromatic heterocycles. The minimum atomic E-state index is 0.170. The van der Waals surface area contributed by atoms with Gasteiger partial charge in [0.25, 0.3) is 5.91 Å². The summed E-state index contributed by atoms with van der Waals surface area (Å²) in [4.78, 5) is 17.0. The molecule has 4 heteroatoms. The number of carbonyl (C=O) groups excluding carboxylic acids is 1. The maximum atomic E-state index is 12.5. The van der Waals surface area contributed by atoms with Crippen LogP contribution in [0.25, 0.3) is 0 Å². The van der Waals surface area contributed by atoms with E-state index in [4.69, 9.17) is 0 Å². The van der Waals surface area contributed by atoms with E-state index in [2.05, 4.69) is 27.9 Å². The number of likely N-dealkylation sites (tertiary alicyclic amines) is 2. The lowest BCUT2D eigenvalue weighted by molar-refractivity contribution is 0.0781. The van der Waals surface area contributed by atoms with E-state index < -0.39 is 0 Å². The second-order valence-electron chi connectivity index (χ2n) is 5.67. The number of likely N-dealkylation sites (N-methyl/N-ethyl adjacent to an activating group) is 1. The van der Waals surface area contributed by atoms with Crippen LogP contribution in [0.1, 0.15) is 23.2 Å². The highest BCUT2D eigenvalue weighted by atomic mass is 79.9. The zero-order valence-corrected chi connectivity index (χ0v) is 12.8. The number of amides is 1. The number of hydrogen-bond donors (Lipinski definition) is 0. The molecule has 3 rings (SSSR count). The van der Waals surface area contributed by atoms with Crippen molar-refractivity contribution in [1.29, 1.82) is 0 Å². The summed E-state index contributed by atoms with van der Waals surface area (Å²) < 4.78 is 0.965. The van der Waals surface area contributed by atoms with E-state index in [0.29, 0.717) is 12.0 Å². The number of carbonyl (C=O) groups is 1. The molecule has 0 aliphatic carbocycles. The molecule has 2 saturated heterocycles. The highest BCUT2D eigenvalue weighted by Gasteiger charge is 2.39. The largest absolute Gasteiger partial charge is 0.337 e. The predicted octanol–water partition coefficient (Wildman–Crippen LogP) is 2.62. The van der Waals surface area contributed by atoms with Gasteiger partial charge in [-0.3, -0.25) is 4.79 Å². The fourth-order valence-electron chi connectivity index (χ4n) is 3.38. The molecule has 2 fully saturated rings. The first-order valence-corrected chi connectivity index (χ1v) is 7.69. The topological polar surface area (TPSA) is 23.6 Å². The molecule has 2 aliphatic rings. The van der Waals surface area contributed by atoms with Crippen molar-refractivity contribution < 1.29 is 4.79 Å². The van der Waals surface area contributed by atoms with Crippen molar-refractivity contribution in [1.82, 2.24) is 9.80 Å². The summed E-state index contributed by atoms with van der Waals surface area (Å²) in [5.74, 6) is 0.832. The molecule has 0 spiro atoms. The Morgan fingerprint density at radius 3 is 2.95 bits per heavy atom. The number of rotatable bonds is 1. The first-order chi connectivity index (χ1) is 9.15. The van der Waals surface area contributed by atoms with Crippen molar-refractivity contribution >= 4 is 21.8 Å². The lowest BCUT2D eigenvalue weighted by Gasteiger charge is -2.33. The molecule has 0 saturated carbocycles. The summed E-state index contributed by atoms with van der Waals surface area (Å²) in [6, 6.07) is 8.25. The third-order valence-corrected chi connectivity index (χ3v) is 4.91. The second kappa shape index (κ2) is 5.25. The normalized spacial score (nSPS) is 27.4. The number of halogens is 1. The molecule has 1 aromatic carbocycles. The van der Waals surface area contributed by atoms with Gasteiger partial charge in [-0.1, -0.05) is 22.0 Å². The third-order valence-electron chi connectivity index (χ3n) is 4.42. The van der Waals surface area contributed by atoms with Crippen LogP contribution >= 0.6 is 15.9 Å². The van der Waals surface area contributed by atoms with Gasteiger partial charge in [0, 0.05) is 29.2 Å². The van der Waals surface area contributed by atoms with Gasteiger partial charge in [-0.05, 0) is 50.6 Å². The highest BCUT2D eigenvalue weighted by Crippen LogP contribution is 2.30. The standard InChI is InChI=1S/C15H19BrN2O/c1-17-7-3-5-12-9-18(10-14(12)17)15(19)11-4-2-6-13(16)8-11/h2,4,6,8,12,14H,3,5,7,9-10H2,1H3/t12-,14+/m1/s1. The number of hydrogen-bond acceptors (Lipinski definition) is 2. The van der Waals surface area contributed by atoms with E-state index in [1.165, 1.54) is 19.4 Å². The van der Waals surface area contributed by atoms with Crippen LogP contribution in [-0.2, 0) is 0 Å². The Morgan fingerprint density at radius 2 is 2.21 bits per heavy atom. The smallest absolute Gasteiger partial charge is 0.253 e. The lowest BCUT2D eigenvalue weighted by atomic mass is 9.93. The van der Waals surface area contributed by atoms with E-state index in [1.54, 1.807) is 0 Å². The van der Waals surface area contributed by atoms with Crippen molar-refractivity contribution in [3.05, 3.63) is 34.3 Å². The van der Waals surface area contributed by atoms with Crippen molar-refractivity contribution in [2.75, 3.05) is 26.7 Å². The molecule has 3 nitrogen and oxygen atoms in total. The Morgan fingerprint density at radius 1 is 1.37 bits per heavy atom. The number of nitrogens with zero attached hydrogens (tertiary/aromatic N) is 2. The monoisotopic (exact) mass is 322 g/mol. The van der Waals surface area contributed by atoms with Crippen LogP contribution in [0.2, 0.25) is 0 Å². The first kappa shape index (κ1) is 13.1. The van der Waals surface area contributed by atoms with Gasteiger partial charge in [-0.2, -0.15) is 0 Å². The van der Waals surface area contributed by atoms with Crippen LogP contribution in [0, 0.1) is 5.92 Å².